The van der Waals surface area contributed by atoms with Gasteiger partial charge in [-0.25, -0.2) is 0 Å². The molecule has 42 heavy (non-hydrogen) atoms. The van der Waals surface area contributed by atoms with Crippen LogP contribution in [0.4, 0.5) is 4.39 Å². The molecule has 4 aromatic rings. The number of benzene rings is 4. The van der Waals surface area contributed by atoms with Gasteiger partial charge in [-0.05, 0) is 0 Å². The SMILES string of the molecule is C=I1(c2ccccc2)C(=S)N[C@H](CCCC(O)c2ccc(F)cc2)[C@H]1c1ccc(-c2ccc(P(=O)(O)O)cc2)cc1O. The van der Waals surface area contributed by atoms with E-state index in [1.165, 1.54) is 24.3 Å². The van der Waals surface area contributed by atoms with Crippen LogP contribution in [0.25, 0.3) is 11.1 Å². The van der Waals surface area contributed by atoms with Crippen LogP contribution in [0, 0.1) is 9.39 Å². The number of rotatable bonds is 9. The zero-order chi connectivity index (χ0) is 30.1. The van der Waals surface area contributed by atoms with Crippen molar-refractivity contribution in [3.8, 4) is 16.9 Å². The van der Waals surface area contributed by atoms with Crippen molar-refractivity contribution in [2.24, 2.45) is 0 Å². The molecule has 0 radical (unpaired) electrons. The fourth-order valence-electron chi connectivity index (χ4n) is 5.38. The maximum absolute atomic E-state index is 13.3. The molecule has 0 aliphatic carbocycles. The standard InChI is InChI=1S/C32H32FINO5PS/c1-34(25-6-3-2-4-7-25)31(28(35-32(34)42)8-5-9-29(36)22-10-15-24(33)16-11-22)27-19-14-23(20-30(27)37)21-12-17-26(18-13-21)41(38,39)40/h2-4,6-7,10-20,28-29,31,36-37H,1,5,8-9H2,(H,35,42)(H2,38,39,40)/t28-,29?,31-/m1/s1. The Hall–Kier alpha value is -2.79. The predicted molar refractivity (Wildman–Crippen MR) is 179 cm³/mol. The van der Waals surface area contributed by atoms with E-state index in [0.717, 1.165) is 12.1 Å². The molecule has 5 N–H and O–H groups in total. The Morgan fingerprint density at radius 2 is 1.60 bits per heavy atom. The van der Waals surface area contributed by atoms with Gasteiger partial charge in [0.1, 0.15) is 0 Å². The van der Waals surface area contributed by atoms with E-state index in [-0.39, 0.29) is 26.8 Å². The molecule has 4 atom stereocenters. The van der Waals surface area contributed by atoms with Gasteiger partial charge in [0.05, 0.1) is 0 Å². The number of aliphatic hydroxyl groups excluding tert-OH is 1. The van der Waals surface area contributed by atoms with Gasteiger partial charge in [-0.1, -0.05) is 0 Å². The molecule has 1 aliphatic heterocycles. The van der Waals surface area contributed by atoms with Gasteiger partial charge in [0.2, 0.25) is 0 Å². The topological polar surface area (TPSA) is 110 Å². The van der Waals surface area contributed by atoms with Gasteiger partial charge >= 0.3 is 255 Å². The van der Waals surface area contributed by atoms with Crippen LogP contribution in [-0.2, 0) is 4.57 Å². The molecule has 0 bridgehead atoms. The summed E-state index contributed by atoms with van der Waals surface area (Å²) < 4.78 is 31.4. The number of phenols is 1. The third kappa shape index (κ3) is 6.27. The third-order valence-corrected chi connectivity index (χ3v) is 19.4. The van der Waals surface area contributed by atoms with Crippen LogP contribution in [0.15, 0.2) is 97.1 Å². The van der Waals surface area contributed by atoms with Crippen molar-refractivity contribution in [2.45, 2.75) is 35.3 Å². The molecular formula is C32H32FINO5PS. The first-order chi connectivity index (χ1) is 20.0. The van der Waals surface area contributed by atoms with E-state index in [1.807, 2.05) is 30.3 Å². The first kappa shape index (κ1) is 30.7. The van der Waals surface area contributed by atoms with Gasteiger partial charge < -0.3 is 0 Å². The summed E-state index contributed by atoms with van der Waals surface area (Å²) in [6, 6.07) is 27.3. The van der Waals surface area contributed by atoms with Crippen LogP contribution in [0.5, 0.6) is 5.75 Å². The van der Waals surface area contributed by atoms with Crippen molar-refractivity contribution in [1.29, 1.82) is 0 Å². The van der Waals surface area contributed by atoms with E-state index in [9.17, 15) is 29.0 Å². The molecule has 6 nitrogen and oxygen atoms in total. The Balaban J connectivity index is 1.45. The number of halogens is 2. The van der Waals surface area contributed by atoms with Gasteiger partial charge in [0.15, 0.2) is 0 Å². The second kappa shape index (κ2) is 12.4. The normalized spacial score (nSPS) is 22.7. The van der Waals surface area contributed by atoms with E-state index in [1.54, 1.807) is 30.3 Å². The van der Waals surface area contributed by atoms with Crippen molar-refractivity contribution in [3.63, 3.8) is 0 Å². The van der Waals surface area contributed by atoms with Crippen molar-refractivity contribution in [3.05, 3.63) is 118 Å². The third-order valence-electron chi connectivity index (χ3n) is 7.59. The molecule has 4 aromatic carbocycles. The molecule has 2 unspecified atom stereocenters. The Morgan fingerprint density at radius 1 is 0.952 bits per heavy atom. The van der Waals surface area contributed by atoms with Crippen LogP contribution in [0.3, 0.4) is 0 Å². The monoisotopic (exact) mass is 719 g/mol. The molecular weight excluding hydrogens is 687 g/mol. The summed E-state index contributed by atoms with van der Waals surface area (Å²) in [5.41, 5.74) is 2.84. The van der Waals surface area contributed by atoms with Crippen LogP contribution in [-0.4, -0.2) is 33.6 Å². The predicted octanol–water partition coefficient (Wildman–Crippen LogP) is 6.55. The Bertz CT molecular complexity index is 1680. The number of thiocarbonyl (C=S) groups is 1. The first-order valence-electron chi connectivity index (χ1n) is 13.4. The number of nitrogens with one attached hydrogen (secondary N) is 1. The van der Waals surface area contributed by atoms with E-state index in [2.05, 4.69) is 17.4 Å². The molecule has 1 saturated heterocycles. The number of hydrogen-bond acceptors (Lipinski definition) is 4. The molecule has 5 rings (SSSR count). The summed E-state index contributed by atoms with van der Waals surface area (Å²) >= 11 is 2.59. The summed E-state index contributed by atoms with van der Waals surface area (Å²) in [5.74, 6) is -0.243. The van der Waals surface area contributed by atoms with Crippen LogP contribution < -0.4 is 10.6 Å². The number of phenolic OH excluding ortho intramolecular Hbond substituents is 1. The van der Waals surface area contributed by atoms with Crippen LogP contribution >= 0.6 is 37.8 Å². The minimum absolute atomic E-state index is 0.0671. The number of aromatic hydroxyl groups is 1. The zero-order valence-corrected chi connectivity index (χ0v) is 26.5. The van der Waals surface area contributed by atoms with Crippen molar-refractivity contribution in [2.75, 3.05) is 0 Å². The molecule has 1 aliphatic rings. The van der Waals surface area contributed by atoms with Crippen LogP contribution in [0.2, 0.25) is 0 Å². The van der Waals surface area contributed by atoms with Gasteiger partial charge in [0, 0.05) is 0 Å². The Kier molecular flexibility index (Phi) is 9.08. The number of aliphatic hydroxyl groups is 1. The van der Waals surface area contributed by atoms with Gasteiger partial charge in [-0.3, -0.25) is 0 Å². The molecule has 0 spiro atoms. The number of hydrogen-bond donors (Lipinski definition) is 5. The second-order valence-corrected chi connectivity index (χ2v) is 20.9. The summed E-state index contributed by atoms with van der Waals surface area (Å²) in [6.45, 7) is 0. The molecule has 0 saturated carbocycles. The average molecular weight is 720 g/mol. The maximum atomic E-state index is 13.3. The Morgan fingerprint density at radius 3 is 2.21 bits per heavy atom. The summed E-state index contributed by atoms with van der Waals surface area (Å²) in [4.78, 5) is 18.9. The van der Waals surface area contributed by atoms with Gasteiger partial charge in [-0.2, -0.15) is 0 Å². The zero-order valence-electron chi connectivity index (χ0n) is 22.6. The second-order valence-electron chi connectivity index (χ2n) is 10.3. The van der Waals surface area contributed by atoms with Crippen molar-refractivity contribution < 1.29 is 29.0 Å². The first-order valence-corrected chi connectivity index (χ1v) is 20.3. The number of alkyl halides is 1. The fourth-order valence-corrected chi connectivity index (χ4v) is 15.6. The summed E-state index contributed by atoms with van der Waals surface area (Å²) in [6.07, 6.45) is 1.12. The Labute approximate surface area is 253 Å². The van der Waals surface area contributed by atoms with Crippen molar-refractivity contribution >= 4 is 50.6 Å². The molecule has 1 heterocycles. The average Bonchev–Trinajstić information content (AvgIpc) is 3.23. The van der Waals surface area contributed by atoms with E-state index in [4.69, 9.17) is 16.7 Å². The molecule has 0 aromatic heterocycles. The van der Waals surface area contributed by atoms with E-state index < -0.39 is 31.7 Å². The van der Waals surface area contributed by atoms with E-state index in [0.29, 0.717) is 36.0 Å². The quantitative estimate of drug-likeness (QED) is 0.0334. The summed E-state index contributed by atoms with van der Waals surface area (Å²) in [7, 11) is -4.35. The molecule has 0 amide bonds. The molecule has 1 fully saturated rings. The summed E-state index contributed by atoms with van der Waals surface area (Å²) in [5, 5.41) is 25.6. The van der Waals surface area contributed by atoms with Gasteiger partial charge in [-0.15, -0.1) is 0 Å². The van der Waals surface area contributed by atoms with Crippen molar-refractivity contribution in [1.82, 2.24) is 5.32 Å². The minimum atomic E-state index is -4.35. The molecule has 220 valence electrons. The fraction of sp³-hybridized carbons (Fsp3) is 0.188. The van der Waals surface area contributed by atoms with Crippen LogP contribution in [0.1, 0.15) is 40.4 Å². The van der Waals surface area contributed by atoms with Gasteiger partial charge in [0.25, 0.3) is 0 Å². The molecule has 10 heteroatoms. The van der Waals surface area contributed by atoms with E-state index >= 15 is 0 Å².